The molecule has 0 saturated heterocycles. The van der Waals surface area contributed by atoms with Crippen molar-refractivity contribution < 1.29 is 4.79 Å². The fraction of sp³-hybridized carbons (Fsp3) is 0.562. The Morgan fingerprint density at radius 1 is 1.40 bits per heavy atom. The van der Waals surface area contributed by atoms with E-state index in [-0.39, 0.29) is 5.91 Å². The lowest BCUT2D eigenvalue weighted by Gasteiger charge is -2.20. The van der Waals surface area contributed by atoms with E-state index in [2.05, 4.69) is 35.9 Å². The van der Waals surface area contributed by atoms with Crippen molar-refractivity contribution in [3.05, 3.63) is 29.8 Å². The Labute approximate surface area is 125 Å². The molecule has 3 atom stereocenters. The molecule has 0 spiro atoms. The zero-order valence-electron chi connectivity index (χ0n) is 12.5. The summed E-state index contributed by atoms with van der Waals surface area (Å²) in [6.07, 6.45) is 6.04. The van der Waals surface area contributed by atoms with E-state index in [1.165, 1.54) is 31.7 Å². The number of rotatable bonds is 5. The van der Waals surface area contributed by atoms with Gasteiger partial charge in [-0.25, -0.2) is 0 Å². The maximum Gasteiger partial charge on any atom is 0.221 e. The molecule has 1 aromatic carbocycles. The van der Waals surface area contributed by atoms with Crippen molar-refractivity contribution >= 4 is 23.4 Å². The molecule has 4 heteroatoms. The van der Waals surface area contributed by atoms with Gasteiger partial charge in [-0.15, -0.1) is 0 Å². The number of hydrogen-bond acceptors (Lipinski definition) is 3. The van der Waals surface area contributed by atoms with Crippen molar-refractivity contribution in [2.24, 2.45) is 0 Å². The number of carbonyl (C=O) groups is 1. The van der Waals surface area contributed by atoms with E-state index in [1.807, 2.05) is 23.9 Å². The van der Waals surface area contributed by atoms with E-state index >= 15 is 0 Å². The van der Waals surface area contributed by atoms with Gasteiger partial charge in [0.2, 0.25) is 5.91 Å². The zero-order chi connectivity index (χ0) is 14.5. The second-order valence-electron chi connectivity index (χ2n) is 5.56. The summed E-state index contributed by atoms with van der Waals surface area (Å²) in [5.74, 6) is -0.0265. The Hall–Kier alpha value is -1.00. The standard InChI is InChI=1S/C16H24N2OS/c1-11(17-15-7-8-16(10-15)20-3)13-5-4-6-14(9-13)18-12(2)19/h4-6,9,11,15-17H,7-8,10H2,1-3H3,(H,18,19). The van der Waals surface area contributed by atoms with Gasteiger partial charge in [-0.1, -0.05) is 12.1 Å². The zero-order valence-corrected chi connectivity index (χ0v) is 13.3. The summed E-state index contributed by atoms with van der Waals surface area (Å²) in [5, 5.41) is 7.36. The van der Waals surface area contributed by atoms with Gasteiger partial charge in [-0.3, -0.25) is 4.79 Å². The Balaban J connectivity index is 1.95. The van der Waals surface area contributed by atoms with Gasteiger partial charge in [0.25, 0.3) is 0 Å². The maximum absolute atomic E-state index is 11.1. The largest absolute Gasteiger partial charge is 0.326 e. The van der Waals surface area contributed by atoms with E-state index in [1.54, 1.807) is 0 Å². The maximum atomic E-state index is 11.1. The first-order valence-electron chi connectivity index (χ1n) is 7.25. The first-order chi connectivity index (χ1) is 9.58. The predicted octanol–water partition coefficient (Wildman–Crippen LogP) is 3.58. The van der Waals surface area contributed by atoms with Crippen LogP contribution in [0.5, 0.6) is 0 Å². The van der Waals surface area contributed by atoms with Gasteiger partial charge < -0.3 is 10.6 Å². The lowest BCUT2D eigenvalue weighted by molar-refractivity contribution is -0.114. The molecule has 1 fully saturated rings. The summed E-state index contributed by atoms with van der Waals surface area (Å²) < 4.78 is 0. The van der Waals surface area contributed by atoms with Crippen LogP contribution in [0.1, 0.15) is 44.7 Å². The van der Waals surface area contributed by atoms with Crippen molar-refractivity contribution in [1.29, 1.82) is 0 Å². The highest BCUT2D eigenvalue weighted by Crippen LogP contribution is 2.30. The molecule has 1 aliphatic rings. The third kappa shape index (κ3) is 4.25. The van der Waals surface area contributed by atoms with Gasteiger partial charge in [-0.05, 0) is 50.1 Å². The smallest absolute Gasteiger partial charge is 0.221 e. The molecule has 20 heavy (non-hydrogen) atoms. The van der Waals surface area contributed by atoms with Crippen LogP contribution in [-0.2, 0) is 4.79 Å². The molecule has 2 N–H and O–H groups in total. The summed E-state index contributed by atoms with van der Waals surface area (Å²) in [4.78, 5) is 11.1. The normalized spacial score (nSPS) is 23.6. The van der Waals surface area contributed by atoms with E-state index in [0.29, 0.717) is 12.1 Å². The quantitative estimate of drug-likeness (QED) is 0.871. The second-order valence-corrected chi connectivity index (χ2v) is 6.70. The summed E-state index contributed by atoms with van der Waals surface area (Å²) >= 11 is 1.98. The third-order valence-electron chi connectivity index (χ3n) is 3.91. The van der Waals surface area contributed by atoms with E-state index in [9.17, 15) is 4.79 Å². The molecule has 0 bridgehead atoms. The fourth-order valence-corrected chi connectivity index (χ4v) is 3.64. The highest BCUT2D eigenvalue weighted by molar-refractivity contribution is 7.99. The van der Waals surface area contributed by atoms with E-state index in [4.69, 9.17) is 0 Å². The number of nitrogens with one attached hydrogen (secondary N) is 2. The van der Waals surface area contributed by atoms with Crippen LogP contribution in [0.4, 0.5) is 5.69 Å². The number of thioether (sulfide) groups is 1. The fourth-order valence-electron chi connectivity index (χ4n) is 2.84. The predicted molar refractivity (Wildman–Crippen MR) is 87.2 cm³/mol. The van der Waals surface area contributed by atoms with Crippen LogP contribution in [0.15, 0.2) is 24.3 Å². The van der Waals surface area contributed by atoms with Crippen molar-refractivity contribution in [3.8, 4) is 0 Å². The number of carbonyl (C=O) groups excluding carboxylic acids is 1. The summed E-state index contributed by atoms with van der Waals surface area (Å²) in [5.41, 5.74) is 2.10. The van der Waals surface area contributed by atoms with Gasteiger partial charge in [0.05, 0.1) is 0 Å². The van der Waals surface area contributed by atoms with Crippen LogP contribution < -0.4 is 10.6 Å². The van der Waals surface area contributed by atoms with Gasteiger partial charge in [0, 0.05) is 29.9 Å². The molecule has 2 rings (SSSR count). The molecular formula is C16H24N2OS. The number of hydrogen-bond donors (Lipinski definition) is 2. The first kappa shape index (κ1) is 15.4. The van der Waals surface area contributed by atoms with Crippen molar-refractivity contribution in [2.45, 2.75) is 50.4 Å². The van der Waals surface area contributed by atoms with Gasteiger partial charge in [0.15, 0.2) is 0 Å². The van der Waals surface area contributed by atoms with Gasteiger partial charge in [0.1, 0.15) is 0 Å². The topological polar surface area (TPSA) is 41.1 Å². The molecule has 0 heterocycles. The van der Waals surface area contributed by atoms with Gasteiger partial charge in [-0.2, -0.15) is 11.8 Å². The Morgan fingerprint density at radius 3 is 2.85 bits per heavy atom. The van der Waals surface area contributed by atoms with Crippen LogP contribution in [0.3, 0.4) is 0 Å². The van der Waals surface area contributed by atoms with Crippen LogP contribution >= 0.6 is 11.8 Å². The molecule has 0 aromatic heterocycles. The van der Waals surface area contributed by atoms with Crippen molar-refractivity contribution in [1.82, 2.24) is 5.32 Å². The average Bonchev–Trinajstić information content (AvgIpc) is 2.86. The minimum absolute atomic E-state index is 0.0265. The van der Waals surface area contributed by atoms with Crippen LogP contribution in [0.2, 0.25) is 0 Å². The third-order valence-corrected chi connectivity index (χ3v) is 5.01. The monoisotopic (exact) mass is 292 g/mol. The Morgan fingerprint density at radius 2 is 2.20 bits per heavy atom. The van der Waals surface area contributed by atoms with Gasteiger partial charge >= 0.3 is 0 Å². The molecule has 3 nitrogen and oxygen atoms in total. The number of benzene rings is 1. The molecule has 0 aliphatic heterocycles. The molecular weight excluding hydrogens is 268 g/mol. The van der Waals surface area contributed by atoms with Crippen LogP contribution in [0.25, 0.3) is 0 Å². The molecule has 1 aromatic rings. The first-order valence-corrected chi connectivity index (χ1v) is 8.53. The van der Waals surface area contributed by atoms with Crippen LogP contribution in [-0.4, -0.2) is 23.5 Å². The van der Waals surface area contributed by atoms with E-state index < -0.39 is 0 Å². The lowest BCUT2D eigenvalue weighted by Crippen LogP contribution is -2.29. The molecule has 3 unspecified atom stereocenters. The minimum Gasteiger partial charge on any atom is -0.326 e. The Kier molecular flexibility index (Phi) is 5.49. The second kappa shape index (κ2) is 7.14. The molecule has 1 aliphatic carbocycles. The van der Waals surface area contributed by atoms with Crippen molar-refractivity contribution in [2.75, 3.05) is 11.6 Å². The Bertz CT molecular complexity index is 464. The highest BCUT2D eigenvalue weighted by Gasteiger charge is 2.25. The van der Waals surface area contributed by atoms with Crippen LogP contribution in [0, 0.1) is 0 Å². The summed E-state index contributed by atoms with van der Waals surface area (Å²) in [7, 11) is 0. The summed E-state index contributed by atoms with van der Waals surface area (Å²) in [6.45, 7) is 3.73. The molecule has 110 valence electrons. The van der Waals surface area contributed by atoms with E-state index in [0.717, 1.165) is 10.9 Å². The minimum atomic E-state index is -0.0265. The molecule has 1 amide bonds. The van der Waals surface area contributed by atoms with Crippen molar-refractivity contribution in [3.63, 3.8) is 0 Å². The molecule has 0 radical (unpaired) electrons. The average molecular weight is 292 g/mol. The lowest BCUT2D eigenvalue weighted by atomic mass is 10.1. The highest BCUT2D eigenvalue weighted by atomic mass is 32.2. The SMILES string of the molecule is CSC1CCC(NC(C)c2cccc(NC(C)=O)c2)C1. The summed E-state index contributed by atoms with van der Waals surface area (Å²) in [6, 6.07) is 9.03. The number of anilines is 1. The molecule has 1 saturated carbocycles. The number of amides is 1.